The van der Waals surface area contributed by atoms with Crippen LogP contribution in [0.5, 0.6) is 0 Å². The van der Waals surface area contributed by atoms with Gasteiger partial charge in [-0.25, -0.2) is 0 Å². The number of nitrogens with zero attached hydrogens (tertiary/aromatic N) is 2. The SMILES string of the molecule is CCCN(CC(=O)N1C(C)CCCC1C)CC(C)(C)CN. The Bertz CT molecular complexity index is 320. The summed E-state index contributed by atoms with van der Waals surface area (Å²) in [6.07, 6.45) is 4.58. The maximum absolute atomic E-state index is 12.7. The summed E-state index contributed by atoms with van der Waals surface area (Å²) in [7, 11) is 0. The molecule has 4 heteroatoms. The van der Waals surface area contributed by atoms with E-state index in [2.05, 4.69) is 44.4 Å². The van der Waals surface area contributed by atoms with E-state index in [1.807, 2.05) is 0 Å². The molecule has 0 aromatic carbocycles. The average Bonchev–Trinajstić information content (AvgIpc) is 2.38. The van der Waals surface area contributed by atoms with Crippen molar-refractivity contribution in [3.8, 4) is 0 Å². The summed E-state index contributed by atoms with van der Waals surface area (Å²) in [6.45, 7) is 13.9. The second-order valence-electron chi connectivity index (χ2n) is 7.51. The van der Waals surface area contributed by atoms with Crippen molar-refractivity contribution >= 4 is 5.91 Å². The van der Waals surface area contributed by atoms with E-state index in [9.17, 15) is 4.79 Å². The Morgan fingerprint density at radius 2 is 1.86 bits per heavy atom. The molecule has 1 aliphatic heterocycles. The highest BCUT2D eigenvalue weighted by Crippen LogP contribution is 2.23. The molecule has 0 saturated carbocycles. The van der Waals surface area contributed by atoms with Crippen LogP contribution in [0.25, 0.3) is 0 Å². The van der Waals surface area contributed by atoms with Gasteiger partial charge in [-0.1, -0.05) is 20.8 Å². The summed E-state index contributed by atoms with van der Waals surface area (Å²) in [6, 6.07) is 0.763. The summed E-state index contributed by atoms with van der Waals surface area (Å²) in [5.74, 6) is 0.288. The first kappa shape index (κ1) is 18.4. The Morgan fingerprint density at radius 3 is 2.33 bits per heavy atom. The highest BCUT2D eigenvalue weighted by atomic mass is 16.2. The Morgan fingerprint density at radius 1 is 1.29 bits per heavy atom. The fraction of sp³-hybridized carbons (Fsp3) is 0.941. The number of hydrogen-bond acceptors (Lipinski definition) is 3. The quantitative estimate of drug-likeness (QED) is 0.785. The zero-order chi connectivity index (χ0) is 16.0. The third-order valence-electron chi connectivity index (χ3n) is 4.58. The van der Waals surface area contributed by atoms with Gasteiger partial charge in [0.25, 0.3) is 0 Å². The van der Waals surface area contributed by atoms with Crippen LogP contribution in [0.1, 0.15) is 60.3 Å². The van der Waals surface area contributed by atoms with Crippen LogP contribution in [0.4, 0.5) is 0 Å². The topological polar surface area (TPSA) is 49.6 Å². The molecule has 0 radical (unpaired) electrons. The molecule has 0 bridgehead atoms. The zero-order valence-corrected chi connectivity index (χ0v) is 14.7. The fourth-order valence-electron chi connectivity index (χ4n) is 3.39. The second-order valence-corrected chi connectivity index (χ2v) is 7.51. The number of carbonyl (C=O) groups is 1. The molecule has 1 aliphatic rings. The van der Waals surface area contributed by atoms with Crippen molar-refractivity contribution in [1.29, 1.82) is 0 Å². The van der Waals surface area contributed by atoms with Crippen LogP contribution in [0.2, 0.25) is 0 Å². The monoisotopic (exact) mass is 297 g/mol. The van der Waals surface area contributed by atoms with Crippen LogP contribution in [0.15, 0.2) is 0 Å². The van der Waals surface area contributed by atoms with E-state index < -0.39 is 0 Å². The van der Waals surface area contributed by atoms with Crippen molar-refractivity contribution in [2.75, 3.05) is 26.2 Å². The Labute approximate surface area is 131 Å². The van der Waals surface area contributed by atoms with Crippen molar-refractivity contribution in [3.63, 3.8) is 0 Å². The van der Waals surface area contributed by atoms with Gasteiger partial charge in [0, 0.05) is 18.6 Å². The first-order chi connectivity index (χ1) is 9.80. The largest absolute Gasteiger partial charge is 0.336 e. The van der Waals surface area contributed by atoms with E-state index >= 15 is 0 Å². The van der Waals surface area contributed by atoms with Crippen molar-refractivity contribution in [3.05, 3.63) is 0 Å². The fourth-order valence-corrected chi connectivity index (χ4v) is 3.39. The maximum Gasteiger partial charge on any atom is 0.237 e. The molecule has 0 aliphatic carbocycles. The standard InChI is InChI=1S/C17H35N3O/c1-6-10-19(13-17(4,5)12-18)11-16(21)20-14(2)8-7-9-15(20)3/h14-15H,6-13,18H2,1-5H3. The van der Waals surface area contributed by atoms with Gasteiger partial charge in [0.05, 0.1) is 6.54 Å². The van der Waals surface area contributed by atoms with Gasteiger partial charge >= 0.3 is 0 Å². The van der Waals surface area contributed by atoms with Gasteiger partial charge < -0.3 is 10.6 Å². The van der Waals surface area contributed by atoms with Gasteiger partial charge in [-0.05, 0) is 58.0 Å². The van der Waals surface area contributed by atoms with Crippen molar-refractivity contribution < 1.29 is 4.79 Å². The van der Waals surface area contributed by atoms with Gasteiger partial charge in [-0.2, -0.15) is 0 Å². The summed E-state index contributed by atoms with van der Waals surface area (Å²) in [5.41, 5.74) is 5.91. The minimum Gasteiger partial charge on any atom is -0.336 e. The number of rotatable bonds is 7. The molecule has 1 amide bonds. The molecule has 1 rings (SSSR count). The van der Waals surface area contributed by atoms with Crippen molar-refractivity contribution in [1.82, 2.24) is 9.80 Å². The molecule has 1 fully saturated rings. The Hall–Kier alpha value is -0.610. The molecule has 2 N–H and O–H groups in total. The highest BCUT2D eigenvalue weighted by molar-refractivity contribution is 5.79. The Kier molecular flexibility index (Phi) is 7.14. The first-order valence-electron chi connectivity index (χ1n) is 8.54. The average molecular weight is 297 g/mol. The lowest BCUT2D eigenvalue weighted by Crippen LogP contribution is -2.52. The molecular weight excluding hydrogens is 262 g/mol. The number of piperidine rings is 1. The molecule has 0 aromatic heterocycles. The minimum absolute atomic E-state index is 0.0641. The Balaban J connectivity index is 2.66. The molecular formula is C17H35N3O. The smallest absolute Gasteiger partial charge is 0.237 e. The summed E-state index contributed by atoms with van der Waals surface area (Å²) >= 11 is 0. The number of likely N-dealkylation sites (tertiary alicyclic amines) is 1. The van der Waals surface area contributed by atoms with E-state index in [1.54, 1.807) is 0 Å². The van der Waals surface area contributed by atoms with Gasteiger partial charge in [0.15, 0.2) is 0 Å². The maximum atomic E-state index is 12.7. The predicted octanol–water partition coefficient (Wildman–Crippen LogP) is 2.47. The van der Waals surface area contributed by atoms with Crippen LogP contribution in [0, 0.1) is 5.41 Å². The summed E-state index contributed by atoms with van der Waals surface area (Å²) < 4.78 is 0. The van der Waals surface area contributed by atoms with Crippen molar-refractivity contribution in [2.24, 2.45) is 11.1 Å². The normalized spacial score (nSPS) is 23.7. The lowest BCUT2D eigenvalue weighted by atomic mass is 9.93. The molecule has 0 aromatic rings. The predicted molar refractivity (Wildman–Crippen MR) is 89.2 cm³/mol. The third kappa shape index (κ3) is 5.59. The molecule has 2 unspecified atom stereocenters. The molecule has 1 saturated heterocycles. The number of nitrogens with two attached hydrogens (primary N) is 1. The number of carbonyl (C=O) groups excluding carboxylic acids is 1. The first-order valence-corrected chi connectivity index (χ1v) is 8.54. The lowest BCUT2D eigenvalue weighted by molar-refractivity contribution is -0.138. The lowest BCUT2D eigenvalue weighted by Gasteiger charge is -2.41. The zero-order valence-electron chi connectivity index (χ0n) is 14.7. The number of amides is 1. The number of hydrogen-bond donors (Lipinski definition) is 1. The third-order valence-corrected chi connectivity index (χ3v) is 4.58. The van der Waals surface area contributed by atoms with Crippen LogP contribution >= 0.6 is 0 Å². The van der Waals surface area contributed by atoms with Gasteiger partial charge in [0.1, 0.15) is 0 Å². The molecule has 1 heterocycles. The summed E-state index contributed by atoms with van der Waals surface area (Å²) in [4.78, 5) is 17.1. The van der Waals surface area contributed by atoms with Gasteiger partial charge in [-0.15, -0.1) is 0 Å². The van der Waals surface area contributed by atoms with Crippen LogP contribution < -0.4 is 5.73 Å². The van der Waals surface area contributed by atoms with Crippen LogP contribution in [-0.2, 0) is 4.79 Å². The van der Waals surface area contributed by atoms with E-state index in [4.69, 9.17) is 5.73 Å². The van der Waals surface area contributed by atoms with E-state index in [1.165, 1.54) is 6.42 Å². The van der Waals surface area contributed by atoms with Gasteiger partial charge in [0.2, 0.25) is 5.91 Å². The van der Waals surface area contributed by atoms with Crippen LogP contribution in [0.3, 0.4) is 0 Å². The van der Waals surface area contributed by atoms with Crippen molar-refractivity contribution in [2.45, 2.75) is 72.4 Å². The van der Waals surface area contributed by atoms with E-state index in [-0.39, 0.29) is 11.3 Å². The summed E-state index contributed by atoms with van der Waals surface area (Å²) in [5, 5.41) is 0. The molecule has 124 valence electrons. The minimum atomic E-state index is 0.0641. The molecule has 2 atom stereocenters. The van der Waals surface area contributed by atoms with E-state index in [0.717, 1.165) is 32.4 Å². The van der Waals surface area contributed by atoms with Gasteiger partial charge in [-0.3, -0.25) is 9.69 Å². The van der Waals surface area contributed by atoms with E-state index in [0.29, 0.717) is 25.2 Å². The molecule has 4 nitrogen and oxygen atoms in total. The molecule has 21 heavy (non-hydrogen) atoms. The molecule has 0 spiro atoms. The van der Waals surface area contributed by atoms with Crippen LogP contribution in [-0.4, -0.2) is 54.0 Å². The highest BCUT2D eigenvalue weighted by Gasteiger charge is 2.30. The second kappa shape index (κ2) is 8.14.